The second kappa shape index (κ2) is 11.4. The van der Waals surface area contributed by atoms with Crippen molar-refractivity contribution in [3.8, 4) is 0 Å². The largest absolute Gasteiger partial charge is 0.481 e. The van der Waals surface area contributed by atoms with Gasteiger partial charge in [0.25, 0.3) is 0 Å². The molecule has 0 saturated carbocycles. The number of carbonyl (C=O) groups is 2. The molecule has 0 amide bonds. The van der Waals surface area contributed by atoms with Gasteiger partial charge in [-0.3, -0.25) is 9.59 Å². The van der Waals surface area contributed by atoms with E-state index in [0.29, 0.717) is 19.3 Å². The fourth-order valence-corrected chi connectivity index (χ4v) is 4.22. The second-order valence-electron chi connectivity index (χ2n) is 8.19. The fraction of sp³-hybridized carbons (Fsp3) is 0.818. The highest BCUT2D eigenvalue weighted by atomic mass is 16.4. The van der Waals surface area contributed by atoms with Crippen LogP contribution in [0.3, 0.4) is 0 Å². The Morgan fingerprint density at radius 1 is 0.769 bits per heavy atom. The molecule has 1 aliphatic carbocycles. The lowest BCUT2D eigenvalue weighted by molar-refractivity contribution is -0.174. The zero-order valence-corrected chi connectivity index (χ0v) is 16.8. The monoisotopic (exact) mass is 366 g/mol. The molecule has 0 spiro atoms. The van der Waals surface area contributed by atoms with Gasteiger partial charge in [-0.2, -0.15) is 0 Å². The summed E-state index contributed by atoms with van der Waals surface area (Å²) in [5, 5.41) is 19.5. The van der Waals surface area contributed by atoms with Crippen molar-refractivity contribution in [1.29, 1.82) is 0 Å². The number of hydrogen-bond donors (Lipinski definition) is 2. The molecule has 0 fully saturated rings. The van der Waals surface area contributed by atoms with E-state index in [-0.39, 0.29) is 0 Å². The molecule has 0 bridgehead atoms. The van der Waals surface area contributed by atoms with Gasteiger partial charge in [0.2, 0.25) is 0 Å². The standard InChI is InChI=1S/C22H38O4/c1-3-4-5-6-7-8-9-10-11-12-13-17-22(20(25)26)18-15-14-16-21(22,2)19(23)24/h14-15H,3-13,16-18H2,1-2H3,(H,23,24)(H,25,26). The molecule has 1 aliphatic rings. The van der Waals surface area contributed by atoms with Crippen LogP contribution in [0.25, 0.3) is 0 Å². The topological polar surface area (TPSA) is 74.6 Å². The first-order valence-electron chi connectivity index (χ1n) is 10.5. The molecule has 4 nitrogen and oxygen atoms in total. The third kappa shape index (κ3) is 5.85. The van der Waals surface area contributed by atoms with Gasteiger partial charge >= 0.3 is 11.9 Å². The van der Waals surface area contributed by atoms with Crippen molar-refractivity contribution in [3.05, 3.63) is 12.2 Å². The lowest BCUT2D eigenvalue weighted by Gasteiger charge is -2.44. The van der Waals surface area contributed by atoms with Gasteiger partial charge in [0.05, 0.1) is 10.8 Å². The molecular weight excluding hydrogens is 328 g/mol. The number of carboxylic acids is 2. The fourth-order valence-electron chi connectivity index (χ4n) is 4.22. The maximum Gasteiger partial charge on any atom is 0.311 e. The van der Waals surface area contributed by atoms with E-state index in [1.54, 1.807) is 6.92 Å². The van der Waals surface area contributed by atoms with Gasteiger partial charge in [-0.15, -0.1) is 0 Å². The molecule has 2 atom stereocenters. The minimum absolute atomic E-state index is 0.298. The quantitative estimate of drug-likeness (QED) is 0.283. The van der Waals surface area contributed by atoms with Gasteiger partial charge in [-0.1, -0.05) is 89.7 Å². The van der Waals surface area contributed by atoms with E-state index in [1.807, 2.05) is 12.2 Å². The van der Waals surface area contributed by atoms with Crippen LogP contribution in [0, 0.1) is 10.8 Å². The molecular formula is C22H38O4. The molecule has 2 N–H and O–H groups in total. The van der Waals surface area contributed by atoms with E-state index in [4.69, 9.17) is 0 Å². The Balaban J connectivity index is 2.34. The minimum atomic E-state index is -1.22. The highest BCUT2D eigenvalue weighted by Gasteiger charge is 2.57. The summed E-state index contributed by atoms with van der Waals surface area (Å²) in [6.07, 6.45) is 18.0. The summed E-state index contributed by atoms with van der Waals surface area (Å²) in [6.45, 7) is 3.84. The Morgan fingerprint density at radius 2 is 1.23 bits per heavy atom. The van der Waals surface area contributed by atoms with E-state index in [9.17, 15) is 19.8 Å². The maximum atomic E-state index is 12.0. The number of carboxylic acid groups (broad SMARTS) is 2. The third-order valence-electron chi connectivity index (χ3n) is 6.30. The van der Waals surface area contributed by atoms with Crippen molar-refractivity contribution in [2.45, 2.75) is 104 Å². The lowest BCUT2D eigenvalue weighted by Crippen LogP contribution is -2.51. The Hall–Kier alpha value is -1.32. The Bertz CT molecular complexity index is 471. The number of hydrogen-bond acceptors (Lipinski definition) is 2. The van der Waals surface area contributed by atoms with Gasteiger partial charge in [-0.05, 0) is 26.2 Å². The van der Waals surface area contributed by atoms with Crippen molar-refractivity contribution in [2.24, 2.45) is 10.8 Å². The first kappa shape index (κ1) is 22.7. The molecule has 0 heterocycles. The number of rotatable bonds is 14. The van der Waals surface area contributed by atoms with Crippen molar-refractivity contribution in [3.63, 3.8) is 0 Å². The lowest BCUT2D eigenvalue weighted by atomic mass is 9.56. The number of aliphatic carboxylic acids is 2. The SMILES string of the molecule is CCCCCCCCCCCCCC1(C(=O)O)CC=CCC1(C)C(=O)O. The molecule has 0 radical (unpaired) electrons. The molecule has 2 unspecified atom stereocenters. The van der Waals surface area contributed by atoms with Crippen LogP contribution in [0.15, 0.2) is 12.2 Å². The molecule has 0 aliphatic heterocycles. The maximum absolute atomic E-state index is 12.0. The van der Waals surface area contributed by atoms with E-state index in [0.717, 1.165) is 19.3 Å². The predicted molar refractivity (Wildman–Crippen MR) is 105 cm³/mol. The summed E-state index contributed by atoms with van der Waals surface area (Å²) >= 11 is 0. The van der Waals surface area contributed by atoms with Crippen molar-refractivity contribution >= 4 is 11.9 Å². The Labute approximate surface area is 159 Å². The van der Waals surface area contributed by atoms with Crippen LogP contribution < -0.4 is 0 Å². The van der Waals surface area contributed by atoms with Crippen molar-refractivity contribution in [2.75, 3.05) is 0 Å². The van der Waals surface area contributed by atoms with Crippen molar-refractivity contribution in [1.82, 2.24) is 0 Å². The molecule has 1 rings (SSSR count). The highest BCUT2D eigenvalue weighted by molar-refractivity contribution is 5.87. The summed E-state index contributed by atoms with van der Waals surface area (Å²) in [4.78, 5) is 23.8. The van der Waals surface area contributed by atoms with Gasteiger partial charge < -0.3 is 10.2 Å². The number of unbranched alkanes of at least 4 members (excludes halogenated alkanes) is 10. The summed E-state index contributed by atoms with van der Waals surface area (Å²) < 4.78 is 0. The highest BCUT2D eigenvalue weighted by Crippen LogP contribution is 2.52. The molecule has 0 aromatic carbocycles. The van der Waals surface area contributed by atoms with Crippen LogP contribution in [-0.2, 0) is 9.59 Å². The molecule has 0 aromatic rings. The van der Waals surface area contributed by atoms with Crippen LogP contribution in [0.4, 0.5) is 0 Å². The van der Waals surface area contributed by atoms with Crippen molar-refractivity contribution < 1.29 is 19.8 Å². The average Bonchev–Trinajstić information content (AvgIpc) is 2.60. The smallest absolute Gasteiger partial charge is 0.311 e. The van der Waals surface area contributed by atoms with Gasteiger partial charge in [0.15, 0.2) is 0 Å². The Morgan fingerprint density at radius 3 is 1.69 bits per heavy atom. The molecule has 4 heteroatoms. The molecule has 26 heavy (non-hydrogen) atoms. The summed E-state index contributed by atoms with van der Waals surface area (Å²) in [6, 6.07) is 0. The van der Waals surface area contributed by atoms with E-state index in [2.05, 4.69) is 6.92 Å². The summed E-state index contributed by atoms with van der Waals surface area (Å²) in [7, 11) is 0. The first-order chi connectivity index (χ1) is 12.4. The van der Waals surface area contributed by atoms with E-state index < -0.39 is 22.8 Å². The summed E-state index contributed by atoms with van der Waals surface area (Å²) in [5.41, 5.74) is -2.39. The zero-order chi connectivity index (χ0) is 19.5. The van der Waals surface area contributed by atoms with Crippen LogP contribution in [0.5, 0.6) is 0 Å². The van der Waals surface area contributed by atoms with Gasteiger partial charge in [0.1, 0.15) is 0 Å². The van der Waals surface area contributed by atoms with Crippen LogP contribution in [0.1, 0.15) is 104 Å². The van der Waals surface area contributed by atoms with E-state index in [1.165, 1.54) is 51.4 Å². The van der Waals surface area contributed by atoms with Gasteiger partial charge in [-0.25, -0.2) is 0 Å². The molecule has 0 aromatic heterocycles. The van der Waals surface area contributed by atoms with Crippen LogP contribution in [-0.4, -0.2) is 22.2 Å². The average molecular weight is 367 g/mol. The van der Waals surface area contributed by atoms with Crippen LogP contribution >= 0.6 is 0 Å². The third-order valence-corrected chi connectivity index (χ3v) is 6.30. The zero-order valence-electron chi connectivity index (χ0n) is 16.8. The number of allylic oxidation sites excluding steroid dienone is 2. The normalized spacial score (nSPS) is 25.3. The molecule has 0 saturated heterocycles. The first-order valence-corrected chi connectivity index (χ1v) is 10.5. The van der Waals surface area contributed by atoms with Crippen LogP contribution in [0.2, 0.25) is 0 Å². The molecule has 150 valence electrons. The summed E-state index contributed by atoms with van der Waals surface area (Å²) in [5.74, 6) is -1.95. The second-order valence-corrected chi connectivity index (χ2v) is 8.19. The Kier molecular flexibility index (Phi) is 9.97. The minimum Gasteiger partial charge on any atom is -0.481 e. The van der Waals surface area contributed by atoms with Gasteiger partial charge in [0, 0.05) is 0 Å². The van der Waals surface area contributed by atoms with E-state index >= 15 is 0 Å². The predicted octanol–water partition coefficient (Wildman–Crippen LogP) is 6.20.